The lowest BCUT2D eigenvalue weighted by atomic mass is 10.1. The van der Waals surface area contributed by atoms with Gasteiger partial charge in [-0.15, -0.1) is 5.10 Å². The quantitative estimate of drug-likeness (QED) is 0.360. The normalized spacial score (nSPS) is 12.2. The molecule has 0 saturated carbocycles. The minimum absolute atomic E-state index is 0.0750. The van der Waals surface area contributed by atoms with E-state index < -0.39 is 17.7 Å². The molecule has 33 heavy (non-hydrogen) atoms. The van der Waals surface area contributed by atoms with Gasteiger partial charge in [0.05, 0.1) is 25.3 Å². The van der Waals surface area contributed by atoms with Crippen LogP contribution in [0.25, 0.3) is 0 Å². The highest BCUT2D eigenvalue weighted by Crippen LogP contribution is 2.13. The zero-order valence-electron chi connectivity index (χ0n) is 19.6. The maximum atomic E-state index is 12.5. The average molecular weight is 462 g/mol. The fourth-order valence-electron chi connectivity index (χ4n) is 2.86. The zero-order valence-corrected chi connectivity index (χ0v) is 19.6. The number of amides is 2. The van der Waals surface area contributed by atoms with Gasteiger partial charge in [0.1, 0.15) is 12.6 Å². The van der Waals surface area contributed by atoms with Crippen LogP contribution in [0.4, 0.5) is 4.79 Å². The van der Waals surface area contributed by atoms with Crippen molar-refractivity contribution >= 4 is 12.0 Å². The molecule has 1 heterocycles. The fourth-order valence-corrected chi connectivity index (χ4v) is 2.86. The third kappa shape index (κ3) is 9.54. The first-order valence-electron chi connectivity index (χ1n) is 11.2. The summed E-state index contributed by atoms with van der Waals surface area (Å²) in [4.78, 5) is 24.3. The number of alkyl carbamates (subject to hydrolysis) is 1. The van der Waals surface area contributed by atoms with Crippen molar-refractivity contribution in [3.05, 3.63) is 41.7 Å². The van der Waals surface area contributed by atoms with Crippen LogP contribution in [0, 0.1) is 0 Å². The van der Waals surface area contributed by atoms with Crippen LogP contribution in [0.2, 0.25) is 0 Å². The van der Waals surface area contributed by atoms with Crippen molar-refractivity contribution in [1.29, 1.82) is 0 Å². The third-order valence-electron chi connectivity index (χ3n) is 4.74. The molecule has 0 aliphatic heterocycles. The molecular formula is C22H35N7O4. The second-order valence-electron chi connectivity index (χ2n) is 8.28. The van der Waals surface area contributed by atoms with Crippen molar-refractivity contribution in [2.45, 2.75) is 64.8 Å². The second-order valence-corrected chi connectivity index (χ2v) is 8.28. The van der Waals surface area contributed by atoms with Crippen molar-refractivity contribution in [2.75, 3.05) is 19.8 Å². The molecule has 2 amide bonds. The molecule has 11 heteroatoms. The van der Waals surface area contributed by atoms with Gasteiger partial charge in [-0.2, -0.15) is 0 Å². The van der Waals surface area contributed by atoms with Crippen LogP contribution in [-0.2, 0) is 27.4 Å². The van der Waals surface area contributed by atoms with E-state index >= 15 is 0 Å². The minimum atomic E-state index is -1.09. The Balaban J connectivity index is 1.96. The van der Waals surface area contributed by atoms with E-state index in [0.717, 1.165) is 24.8 Å². The topological polar surface area (TPSA) is 146 Å². The summed E-state index contributed by atoms with van der Waals surface area (Å²) in [6.07, 6.45) is 2.55. The smallest absolute Gasteiger partial charge is 0.407 e. The number of rotatable bonds is 14. The van der Waals surface area contributed by atoms with Gasteiger partial charge in [-0.1, -0.05) is 50.1 Å². The Morgan fingerprint density at radius 1 is 1.21 bits per heavy atom. The molecule has 0 bridgehead atoms. The van der Waals surface area contributed by atoms with Crippen LogP contribution in [-0.4, -0.2) is 57.5 Å². The first-order valence-corrected chi connectivity index (χ1v) is 11.2. The molecule has 0 unspecified atom stereocenters. The lowest BCUT2D eigenvalue weighted by molar-refractivity contribution is -0.126. The highest BCUT2D eigenvalue weighted by molar-refractivity contribution is 5.85. The molecular weight excluding hydrogens is 426 g/mol. The Kier molecular flexibility index (Phi) is 10.7. The van der Waals surface area contributed by atoms with E-state index in [1.165, 1.54) is 4.68 Å². The molecule has 0 saturated heterocycles. The number of nitrogens with one attached hydrogen (secondary N) is 2. The van der Waals surface area contributed by atoms with Gasteiger partial charge in [0, 0.05) is 6.54 Å². The van der Waals surface area contributed by atoms with E-state index in [1.807, 2.05) is 30.3 Å². The predicted octanol–water partition coefficient (Wildman–Crippen LogP) is 1.70. The number of ether oxygens (including phenoxy) is 2. The van der Waals surface area contributed by atoms with E-state index in [2.05, 4.69) is 33.1 Å². The van der Waals surface area contributed by atoms with E-state index in [0.29, 0.717) is 19.0 Å². The first kappa shape index (κ1) is 26.2. The molecule has 11 nitrogen and oxygen atoms in total. The van der Waals surface area contributed by atoms with Crippen molar-refractivity contribution in [3.63, 3.8) is 0 Å². The number of carbonyl (C=O) groups is 2. The van der Waals surface area contributed by atoms with Crippen LogP contribution in [0.15, 0.2) is 30.3 Å². The zero-order chi connectivity index (χ0) is 24.1. The molecule has 0 fully saturated rings. The summed E-state index contributed by atoms with van der Waals surface area (Å²) in [5.41, 5.74) is 5.85. The summed E-state index contributed by atoms with van der Waals surface area (Å²) in [6.45, 7) is 6.69. The molecule has 2 aromatic rings. The molecule has 182 valence electrons. The maximum Gasteiger partial charge on any atom is 0.407 e. The number of aromatic nitrogens is 4. The van der Waals surface area contributed by atoms with Crippen LogP contribution < -0.4 is 16.4 Å². The summed E-state index contributed by atoms with van der Waals surface area (Å²) < 4.78 is 12.5. The standard InChI is InChI=1S/C22H35N7O4/c1-4-5-9-12-24-21(31)33-14-13-29-19(26-27-28-29)18(25-20(30)22(2,3)23)16-32-15-17-10-7-6-8-11-17/h6-8,10-11,18H,4-5,9,12-16,23H2,1-3H3,(H,24,31)(H,25,30)/t18-/m1/s1. The third-order valence-corrected chi connectivity index (χ3v) is 4.74. The number of hydrogen-bond donors (Lipinski definition) is 3. The largest absolute Gasteiger partial charge is 0.448 e. The van der Waals surface area contributed by atoms with Crippen LogP contribution in [0.5, 0.6) is 0 Å². The van der Waals surface area contributed by atoms with Crippen molar-refractivity contribution in [2.24, 2.45) is 5.73 Å². The molecule has 4 N–H and O–H groups in total. The Morgan fingerprint density at radius 2 is 1.97 bits per heavy atom. The SMILES string of the molecule is CCCCCNC(=O)OCCn1nnnc1[C@@H](COCc1ccccc1)NC(=O)C(C)(C)N. The van der Waals surface area contributed by atoms with Gasteiger partial charge >= 0.3 is 6.09 Å². The van der Waals surface area contributed by atoms with E-state index in [9.17, 15) is 9.59 Å². The molecule has 1 aromatic carbocycles. The lowest BCUT2D eigenvalue weighted by Crippen LogP contribution is -2.51. The second kappa shape index (κ2) is 13.5. The van der Waals surface area contributed by atoms with E-state index in [1.54, 1.807) is 13.8 Å². The van der Waals surface area contributed by atoms with E-state index in [4.69, 9.17) is 15.2 Å². The Hall–Kier alpha value is -3.05. The van der Waals surface area contributed by atoms with Crippen LogP contribution in [0.3, 0.4) is 0 Å². The average Bonchev–Trinajstić information content (AvgIpc) is 3.24. The number of unbranched alkanes of at least 4 members (excludes halogenated alkanes) is 2. The summed E-state index contributed by atoms with van der Waals surface area (Å²) >= 11 is 0. The number of nitrogens with zero attached hydrogens (tertiary/aromatic N) is 4. The van der Waals surface area contributed by atoms with Crippen molar-refractivity contribution < 1.29 is 19.1 Å². The van der Waals surface area contributed by atoms with Crippen molar-refractivity contribution in [1.82, 2.24) is 30.8 Å². The highest BCUT2D eigenvalue weighted by atomic mass is 16.5. The summed E-state index contributed by atoms with van der Waals surface area (Å²) in [6, 6.07) is 9.04. The predicted molar refractivity (Wildman–Crippen MR) is 122 cm³/mol. The maximum absolute atomic E-state index is 12.5. The van der Waals surface area contributed by atoms with Gasteiger partial charge in [-0.25, -0.2) is 9.48 Å². The first-order chi connectivity index (χ1) is 15.8. The van der Waals surface area contributed by atoms with Crippen LogP contribution in [0.1, 0.15) is 57.5 Å². The number of hydrogen-bond acceptors (Lipinski definition) is 8. The minimum Gasteiger partial charge on any atom is -0.448 e. The van der Waals surface area contributed by atoms with Gasteiger partial charge in [-0.05, 0) is 36.3 Å². The monoisotopic (exact) mass is 461 g/mol. The molecule has 2 rings (SSSR count). The molecule has 0 spiro atoms. The molecule has 0 aliphatic carbocycles. The fraction of sp³-hybridized carbons (Fsp3) is 0.591. The Labute approximate surface area is 194 Å². The van der Waals surface area contributed by atoms with Gasteiger partial charge in [0.25, 0.3) is 0 Å². The van der Waals surface area contributed by atoms with Crippen molar-refractivity contribution in [3.8, 4) is 0 Å². The molecule has 0 aliphatic rings. The van der Waals surface area contributed by atoms with Gasteiger partial charge in [0.2, 0.25) is 5.91 Å². The van der Waals surface area contributed by atoms with Gasteiger partial charge < -0.3 is 25.8 Å². The van der Waals surface area contributed by atoms with Gasteiger partial charge in [-0.3, -0.25) is 4.79 Å². The highest BCUT2D eigenvalue weighted by Gasteiger charge is 2.28. The van der Waals surface area contributed by atoms with Crippen LogP contribution >= 0.6 is 0 Å². The number of nitrogens with two attached hydrogens (primary N) is 1. The number of carbonyl (C=O) groups excluding carboxylic acids is 2. The lowest BCUT2D eigenvalue weighted by Gasteiger charge is -2.23. The number of benzene rings is 1. The summed E-state index contributed by atoms with van der Waals surface area (Å²) in [7, 11) is 0. The Bertz CT molecular complexity index is 852. The van der Waals surface area contributed by atoms with E-state index in [-0.39, 0.29) is 25.7 Å². The summed E-state index contributed by atoms with van der Waals surface area (Å²) in [5, 5.41) is 17.3. The summed E-state index contributed by atoms with van der Waals surface area (Å²) in [5.74, 6) is 0.0145. The molecule has 1 atom stereocenters. The Morgan fingerprint density at radius 3 is 2.67 bits per heavy atom. The van der Waals surface area contributed by atoms with Gasteiger partial charge in [0.15, 0.2) is 5.82 Å². The molecule has 1 aromatic heterocycles. The number of tetrazole rings is 1. The molecule has 0 radical (unpaired) electrons.